The molecule has 0 fully saturated rings. The first kappa shape index (κ1) is 11.0. The van der Waals surface area contributed by atoms with Crippen molar-refractivity contribution < 1.29 is 14.3 Å². The largest absolute Gasteiger partial charge is 0.454 e. The number of ether oxygens (including phenoxy) is 2. The van der Waals surface area contributed by atoms with Crippen molar-refractivity contribution in [2.75, 3.05) is 13.3 Å². The van der Waals surface area contributed by atoms with Crippen molar-refractivity contribution in [2.24, 2.45) is 5.73 Å². The molecular formula is C12H15NO3. The minimum Gasteiger partial charge on any atom is -0.454 e. The van der Waals surface area contributed by atoms with E-state index in [9.17, 15) is 4.79 Å². The molecule has 0 aromatic heterocycles. The van der Waals surface area contributed by atoms with Gasteiger partial charge in [-0.25, -0.2) is 0 Å². The highest BCUT2D eigenvalue weighted by Gasteiger charge is 2.22. The zero-order valence-electron chi connectivity index (χ0n) is 9.50. The molecule has 0 aliphatic carbocycles. The molecule has 0 saturated heterocycles. The Labute approximate surface area is 94.3 Å². The molecule has 1 aliphatic heterocycles. The van der Waals surface area contributed by atoms with Gasteiger partial charge in [-0.15, -0.1) is 0 Å². The Kier molecular flexibility index (Phi) is 2.83. The van der Waals surface area contributed by atoms with Crippen LogP contribution in [0, 0.1) is 13.8 Å². The lowest BCUT2D eigenvalue weighted by molar-refractivity contribution is 0.0984. The van der Waals surface area contributed by atoms with Crippen LogP contribution in [0.2, 0.25) is 0 Å². The molecule has 0 atom stereocenters. The summed E-state index contributed by atoms with van der Waals surface area (Å²) >= 11 is 0. The Morgan fingerprint density at radius 1 is 1.38 bits per heavy atom. The van der Waals surface area contributed by atoms with Crippen LogP contribution in [0.3, 0.4) is 0 Å². The summed E-state index contributed by atoms with van der Waals surface area (Å²) in [6.07, 6.45) is 0.361. The van der Waals surface area contributed by atoms with Crippen molar-refractivity contribution in [3.05, 3.63) is 22.8 Å². The molecule has 86 valence electrons. The predicted octanol–water partition coefficient (Wildman–Crippen LogP) is 1.56. The molecule has 4 nitrogen and oxygen atoms in total. The van der Waals surface area contributed by atoms with Crippen LogP contribution in [0.5, 0.6) is 11.5 Å². The minimum absolute atomic E-state index is 0.0569. The summed E-state index contributed by atoms with van der Waals surface area (Å²) in [7, 11) is 0. The Bertz CT molecular complexity index is 440. The van der Waals surface area contributed by atoms with E-state index in [4.69, 9.17) is 15.2 Å². The molecule has 0 unspecified atom stereocenters. The zero-order chi connectivity index (χ0) is 11.7. The zero-order valence-corrected chi connectivity index (χ0v) is 9.50. The van der Waals surface area contributed by atoms with Gasteiger partial charge in [0.15, 0.2) is 17.3 Å². The molecule has 2 rings (SSSR count). The fourth-order valence-corrected chi connectivity index (χ4v) is 1.86. The Hall–Kier alpha value is -1.55. The van der Waals surface area contributed by atoms with Gasteiger partial charge in [0.05, 0.1) is 0 Å². The van der Waals surface area contributed by atoms with E-state index in [1.807, 2.05) is 13.8 Å². The number of hydrogen-bond acceptors (Lipinski definition) is 4. The van der Waals surface area contributed by atoms with Gasteiger partial charge in [-0.2, -0.15) is 0 Å². The monoisotopic (exact) mass is 221 g/mol. The summed E-state index contributed by atoms with van der Waals surface area (Å²) in [6.45, 7) is 4.44. The van der Waals surface area contributed by atoms with Crippen molar-refractivity contribution in [3.63, 3.8) is 0 Å². The van der Waals surface area contributed by atoms with Crippen molar-refractivity contribution in [2.45, 2.75) is 20.3 Å². The third-order valence-electron chi connectivity index (χ3n) is 2.90. The maximum absolute atomic E-state index is 11.8. The predicted molar refractivity (Wildman–Crippen MR) is 60.0 cm³/mol. The second kappa shape index (κ2) is 4.14. The molecule has 4 heteroatoms. The van der Waals surface area contributed by atoms with E-state index in [0.717, 1.165) is 16.9 Å². The van der Waals surface area contributed by atoms with E-state index in [0.29, 0.717) is 24.3 Å². The molecule has 1 aromatic carbocycles. The minimum atomic E-state index is 0.0569. The normalized spacial score (nSPS) is 12.9. The first-order valence-corrected chi connectivity index (χ1v) is 5.28. The van der Waals surface area contributed by atoms with E-state index in [2.05, 4.69) is 0 Å². The average molecular weight is 221 g/mol. The standard InChI is InChI=1S/C12H15NO3/c1-7-8(2)12-11(15-6-16-12)5-9(7)10(14)3-4-13/h5H,3-4,6,13H2,1-2H3. The van der Waals surface area contributed by atoms with Crippen LogP contribution >= 0.6 is 0 Å². The number of carbonyl (C=O) groups excluding carboxylic acids is 1. The number of nitrogens with two attached hydrogens (primary N) is 1. The fourth-order valence-electron chi connectivity index (χ4n) is 1.86. The first-order valence-electron chi connectivity index (χ1n) is 5.28. The Morgan fingerprint density at radius 2 is 2.12 bits per heavy atom. The number of ketones is 1. The summed E-state index contributed by atoms with van der Waals surface area (Å²) in [5.74, 6) is 1.46. The third kappa shape index (κ3) is 1.65. The Morgan fingerprint density at radius 3 is 2.81 bits per heavy atom. The van der Waals surface area contributed by atoms with Crippen LogP contribution in [-0.4, -0.2) is 19.1 Å². The van der Waals surface area contributed by atoms with Crippen molar-refractivity contribution in [1.82, 2.24) is 0 Å². The van der Waals surface area contributed by atoms with Crippen LogP contribution < -0.4 is 15.2 Å². The number of fused-ring (bicyclic) bond motifs is 1. The number of rotatable bonds is 3. The molecule has 1 aromatic rings. The lowest BCUT2D eigenvalue weighted by Crippen LogP contribution is -2.10. The lowest BCUT2D eigenvalue weighted by Gasteiger charge is -2.10. The number of carbonyl (C=O) groups is 1. The van der Waals surface area contributed by atoms with Gasteiger partial charge < -0.3 is 15.2 Å². The number of hydrogen-bond donors (Lipinski definition) is 1. The van der Waals surface area contributed by atoms with Gasteiger partial charge in [0.2, 0.25) is 6.79 Å². The highest BCUT2D eigenvalue weighted by atomic mass is 16.7. The Balaban J connectivity index is 2.47. The van der Waals surface area contributed by atoms with E-state index in [-0.39, 0.29) is 12.6 Å². The molecular weight excluding hydrogens is 206 g/mol. The van der Waals surface area contributed by atoms with Gasteiger partial charge in [-0.05, 0) is 37.6 Å². The molecule has 0 saturated carbocycles. The summed E-state index contributed by atoms with van der Waals surface area (Å²) in [6, 6.07) is 1.75. The van der Waals surface area contributed by atoms with Crippen molar-refractivity contribution in [1.29, 1.82) is 0 Å². The first-order chi connectivity index (χ1) is 7.65. The summed E-state index contributed by atoms with van der Waals surface area (Å²) < 4.78 is 10.6. The quantitative estimate of drug-likeness (QED) is 0.787. The molecule has 0 amide bonds. The van der Waals surface area contributed by atoms with E-state index < -0.39 is 0 Å². The van der Waals surface area contributed by atoms with Crippen LogP contribution in [0.1, 0.15) is 27.9 Å². The van der Waals surface area contributed by atoms with Crippen LogP contribution in [-0.2, 0) is 0 Å². The average Bonchev–Trinajstić information content (AvgIpc) is 2.71. The molecule has 0 bridgehead atoms. The van der Waals surface area contributed by atoms with E-state index in [1.54, 1.807) is 6.07 Å². The van der Waals surface area contributed by atoms with Gasteiger partial charge in [0.1, 0.15) is 0 Å². The van der Waals surface area contributed by atoms with Gasteiger partial charge in [-0.3, -0.25) is 4.79 Å². The van der Waals surface area contributed by atoms with Gasteiger partial charge in [0.25, 0.3) is 0 Å². The smallest absolute Gasteiger partial charge is 0.231 e. The molecule has 0 spiro atoms. The topological polar surface area (TPSA) is 61.6 Å². The lowest BCUT2D eigenvalue weighted by atomic mass is 9.97. The van der Waals surface area contributed by atoms with Gasteiger partial charge in [-0.1, -0.05) is 0 Å². The molecule has 1 heterocycles. The van der Waals surface area contributed by atoms with Gasteiger partial charge in [0, 0.05) is 12.0 Å². The van der Waals surface area contributed by atoms with E-state index >= 15 is 0 Å². The van der Waals surface area contributed by atoms with Crippen LogP contribution in [0.15, 0.2) is 6.07 Å². The maximum Gasteiger partial charge on any atom is 0.231 e. The van der Waals surface area contributed by atoms with E-state index in [1.165, 1.54) is 0 Å². The number of benzene rings is 1. The third-order valence-corrected chi connectivity index (χ3v) is 2.90. The molecule has 0 radical (unpaired) electrons. The SMILES string of the molecule is Cc1c(C(=O)CCN)cc2c(c1C)OCO2. The molecule has 16 heavy (non-hydrogen) atoms. The van der Waals surface area contributed by atoms with Crippen molar-refractivity contribution in [3.8, 4) is 11.5 Å². The highest BCUT2D eigenvalue weighted by Crippen LogP contribution is 2.38. The van der Waals surface area contributed by atoms with Crippen LogP contribution in [0.4, 0.5) is 0 Å². The summed E-state index contributed by atoms with van der Waals surface area (Å²) in [5.41, 5.74) is 7.99. The number of Topliss-reactive ketones (excluding diaryl/α,β-unsaturated/α-hetero) is 1. The van der Waals surface area contributed by atoms with Crippen LogP contribution in [0.25, 0.3) is 0 Å². The maximum atomic E-state index is 11.8. The van der Waals surface area contributed by atoms with Crippen molar-refractivity contribution >= 4 is 5.78 Å². The summed E-state index contributed by atoms with van der Waals surface area (Å²) in [5, 5.41) is 0. The second-order valence-corrected chi connectivity index (χ2v) is 3.87. The van der Waals surface area contributed by atoms with Gasteiger partial charge >= 0.3 is 0 Å². The molecule has 2 N–H and O–H groups in total. The summed E-state index contributed by atoms with van der Waals surface area (Å²) in [4.78, 5) is 11.8. The second-order valence-electron chi connectivity index (χ2n) is 3.87. The highest BCUT2D eigenvalue weighted by molar-refractivity contribution is 5.98. The molecule has 1 aliphatic rings. The fraction of sp³-hybridized carbons (Fsp3) is 0.417.